The van der Waals surface area contributed by atoms with Crippen LogP contribution in [0.25, 0.3) is 6.08 Å². The summed E-state index contributed by atoms with van der Waals surface area (Å²) in [5, 5.41) is 2.62. The highest BCUT2D eigenvalue weighted by atomic mass is 16.1. The first kappa shape index (κ1) is 11.0. The van der Waals surface area contributed by atoms with Crippen molar-refractivity contribution < 1.29 is 6.17 Å². The van der Waals surface area contributed by atoms with Gasteiger partial charge in [0.05, 0.1) is 7.39 Å². The molecule has 1 aromatic rings. The van der Waals surface area contributed by atoms with Crippen molar-refractivity contribution in [3.8, 4) is 0 Å². The third-order valence-corrected chi connectivity index (χ3v) is 2.64. The first-order valence-corrected chi connectivity index (χ1v) is 5.99. The Bertz CT molecular complexity index is 545. The van der Waals surface area contributed by atoms with Gasteiger partial charge in [-0.3, -0.25) is 4.79 Å². The zero-order chi connectivity index (χ0) is 13.7. The molecule has 0 spiro atoms. The molecular formula is C16H17NO. The molecule has 0 bridgehead atoms. The molecule has 2 rings (SSSR count). The Morgan fingerprint density at radius 2 is 2.17 bits per heavy atom. The minimum atomic E-state index is -1.00. The van der Waals surface area contributed by atoms with Crippen LogP contribution in [0.1, 0.15) is 20.3 Å². The van der Waals surface area contributed by atoms with E-state index < -0.39 is 6.02 Å². The summed E-state index contributed by atoms with van der Waals surface area (Å²) in [6, 6.07) is 9.05. The van der Waals surface area contributed by atoms with Gasteiger partial charge in [0.2, 0.25) is 5.91 Å². The van der Waals surface area contributed by atoms with Gasteiger partial charge in [-0.25, -0.2) is 0 Å². The van der Waals surface area contributed by atoms with Gasteiger partial charge >= 0.3 is 0 Å². The molecule has 1 amide bonds. The molecule has 1 unspecified atom stereocenters. The van der Waals surface area contributed by atoms with Crippen LogP contribution in [0.4, 0.5) is 0 Å². The second-order valence-corrected chi connectivity index (χ2v) is 4.19. The predicted molar refractivity (Wildman–Crippen MR) is 74.9 cm³/mol. The minimum absolute atomic E-state index is 0.184. The standard InChI is InChI=1S/C16H17NO/c1-13(18)17-16-11-9-15(10-12-16)8-7-14-5-3-2-4-6-14/h2-11,16H,12H2,1H3,(H,17,18)/i16D. The van der Waals surface area contributed by atoms with E-state index in [0.29, 0.717) is 6.42 Å². The normalized spacial score (nSPS) is 23.6. The highest BCUT2D eigenvalue weighted by Crippen LogP contribution is 2.13. The van der Waals surface area contributed by atoms with Crippen molar-refractivity contribution >= 4 is 12.0 Å². The number of hydrogen-bond donors (Lipinski definition) is 1. The topological polar surface area (TPSA) is 29.1 Å². The summed E-state index contributed by atoms with van der Waals surface area (Å²) in [6.07, 6.45) is 10.1. The second kappa shape index (κ2) is 6.01. The smallest absolute Gasteiger partial charge is 0.217 e. The molecule has 1 aliphatic carbocycles. The number of amides is 1. The molecule has 0 heterocycles. The van der Waals surface area contributed by atoms with Crippen LogP contribution in [0.2, 0.25) is 0 Å². The quantitative estimate of drug-likeness (QED) is 0.864. The maximum Gasteiger partial charge on any atom is 0.217 e. The SMILES string of the molecule is [2H]C1(NC(C)=O)C=CC(C=Cc2ccccc2)=CC1. The Morgan fingerprint density at radius 3 is 2.78 bits per heavy atom. The molecular weight excluding hydrogens is 222 g/mol. The molecule has 1 N–H and O–H groups in total. The number of nitrogens with one attached hydrogen (secondary N) is 1. The molecule has 0 fully saturated rings. The maximum atomic E-state index is 11.0. The summed E-state index contributed by atoms with van der Waals surface area (Å²) in [5.74, 6) is -0.184. The van der Waals surface area contributed by atoms with Crippen LogP contribution in [-0.4, -0.2) is 11.9 Å². The Morgan fingerprint density at radius 1 is 1.39 bits per heavy atom. The lowest BCUT2D eigenvalue weighted by Crippen LogP contribution is -2.31. The van der Waals surface area contributed by atoms with Gasteiger partial charge in [-0.15, -0.1) is 0 Å². The number of rotatable bonds is 3. The molecule has 0 aliphatic heterocycles. The van der Waals surface area contributed by atoms with Crippen LogP contribution >= 0.6 is 0 Å². The van der Waals surface area contributed by atoms with Crippen molar-refractivity contribution in [3.05, 3.63) is 65.8 Å². The Kier molecular flexibility index (Phi) is 3.68. The van der Waals surface area contributed by atoms with Gasteiger partial charge < -0.3 is 5.32 Å². The van der Waals surface area contributed by atoms with Gasteiger partial charge in [0.15, 0.2) is 0 Å². The van der Waals surface area contributed by atoms with Gasteiger partial charge in [0, 0.05) is 6.92 Å². The molecule has 2 nitrogen and oxygen atoms in total. The number of allylic oxidation sites excluding steroid dienone is 3. The number of benzene rings is 1. The Labute approximate surface area is 109 Å². The van der Waals surface area contributed by atoms with Crippen molar-refractivity contribution in [2.75, 3.05) is 0 Å². The van der Waals surface area contributed by atoms with Crippen LogP contribution in [0, 0.1) is 0 Å². The number of carbonyl (C=O) groups excluding carboxylic acids is 1. The van der Waals surface area contributed by atoms with E-state index in [1.807, 2.05) is 54.6 Å². The summed E-state index contributed by atoms with van der Waals surface area (Å²) in [7, 11) is 0. The molecule has 0 aromatic heterocycles. The third kappa shape index (κ3) is 3.74. The number of carbonyl (C=O) groups is 1. The van der Waals surface area contributed by atoms with Crippen LogP contribution in [0.15, 0.2) is 60.2 Å². The lowest BCUT2D eigenvalue weighted by Gasteiger charge is -2.15. The van der Waals surface area contributed by atoms with E-state index in [4.69, 9.17) is 1.37 Å². The van der Waals surface area contributed by atoms with E-state index >= 15 is 0 Å². The molecule has 0 radical (unpaired) electrons. The van der Waals surface area contributed by atoms with Crippen LogP contribution in [0.5, 0.6) is 0 Å². The average molecular weight is 240 g/mol. The summed E-state index contributed by atoms with van der Waals surface area (Å²) in [5.41, 5.74) is 2.19. The maximum absolute atomic E-state index is 11.0. The van der Waals surface area contributed by atoms with E-state index in [2.05, 4.69) is 5.32 Å². The van der Waals surface area contributed by atoms with Crippen molar-refractivity contribution in [1.82, 2.24) is 5.32 Å². The minimum Gasteiger partial charge on any atom is -0.350 e. The zero-order valence-corrected chi connectivity index (χ0v) is 10.4. The van der Waals surface area contributed by atoms with E-state index in [1.165, 1.54) is 6.92 Å². The fourth-order valence-electron chi connectivity index (χ4n) is 1.76. The summed E-state index contributed by atoms with van der Waals surface area (Å²) in [6.45, 7) is 1.43. The molecule has 0 saturated carbocycles. The summed E-state index contributed by atoms with van der Waals surface area (Å²) >= 11 is 0. The highest BCUT2D eigenvalue weighted by molar-refractivity contribution is 5.73. The molecule has 1 atom stereocenters. The predicted octanol–water partition coefficient (Wildman–Crippen LogP) is 3.09. The second-order valence-electron chi connectivity index (χ2n) is 4.19. The van der Waals surface area contributed by atoms with E-state index in [0.717, 1.165) is 11.1 Å². The fourth-order valence-corrected chi connectivity index (χ4v) is 1.76. The van der Waals surface area contributed by atoms with E-state index in [9.17, 15) is 4.79 Å². The molecule has 0 saturated heterocycles. The lowest BCUT2D eigenvalue weighted by molar-refractivity contribution is -0.119. The van der Waals surface area contributed by atoms with Gasteiger partial charge in [-0.2, -0.15) is 0 Å². The van der Waals surface area contributed by atoms with Crippen LogP contribution in [0.3, 0.4) is 0 Å². The molecule has 2 heteroatoms. The number of hydrogen-bond acceptors (Lipinski definition) is 1. The first-order valence-electron chi connectivity index (χ1n) is 6.49. The lowest BCUT2D eigenvalue weighted by atomic mass is 10.0. The van der Waals surface area contributed by atoms with E-state index in [1.54, 1.807) is 6.08 Å². The van der Waals surface area contributed by atoms with Crippen molar-refractivity contribution in [2.45, 2.75) is 19.4 Å². The van der Waals surface area contributed by atoms with Crippen LogP contribution < -0.4 is 5.32 Å². The van der Waals surface area contributed by atoms with Crippen molar-refractivity contribution in [1.29, 1.82) is 0 Å². The summed E-state index contributed by atoms with van der Waals surface area (Å²) < 4.78 is 8.05. The fraction of sp³-hybridized carbons (Fsp3) is 0.188. The highest BCUT2D eigenvalue weighted by Gasteiger charge is 2.07. The van der Waals surface area contributed by atoms with Crippen molar-refractivity contribution in [2.24, 2.45) is 0 Å². The Hall–Kier alpha value is -2.09. The molecule has 92 valence electrons. The zero-order valence-electron chi connectivity index (χ0n) is 11.4. The average Bonchev–Trinajstić information content (AvgIpc) is 2.38. The van der Waals surface area contributed by atoms with Gasteiger partial charge in [0.25, 0.3) is 0 Å². The monoisotopic (exact) mass is 240 g/mol. The first-order chi connectivity index (χ1) is 9.07. The Balaban J connectivity index is 2.01. The molecule has 1 aliphatic rings. The largest absolute Gasteiger partial charge is 0.350 e. The van der Waals surface area contributed by atoms with Crippen molar-refractivity contribution in [3.63, 3.8) is 0 Å². The van der Waals surface area contributed by atoms with Gasteiger partial charge in [0.1, 0.15) is 0 Å². The van der Waals surface area contributed by atoms with Crippen LogP contribution in [-0.2, 0) is 4.79 Å². The summed E-state index contributed by atoms with van der Waals surface area (Å²) in [4.78, 5) is 11.0. The molecule has 1 aromatic carbocycles. The van der Waals surface area contributed by atoms with E-state index in [-0.39, 0.29) is 5.91 Å². The van der Waals surface area contributed by atoms with Gasteiger partial charge in [-0.1, -0.05) is 60.7 Å². The third-order valence-electron chi connectivity index (χ3n) is 2.64. The van der Waals surface area contributed by atoms with Gasteiger partial charge in [-0.05, 0) is 17.6 Å². The molecule has 18 heavy (non-hydrogen) atoms.